The largest absolute Gasteiger partial charge is 0.263 e. The first-order valence-corrected chi connectivity index (χ1v) is 10.2. The number of nitrogens with zero attached hydrogens (tertiary/aromatic N) is 4. The summed E-state index contributed by atoms with van der Waals surface area (Å²) in [5, 5.41) is 4.33. The molecule has 1 aliphatic heterocycles. The van der Waals surface area contributed by atoms with Crippen LogP contribution in [0.2, 0.25) is 0 Å². The maximum atomic E-state index is 11.6. The minimum atomic E-state index is -3.07. The van der Waals surface area contributed by atoms with Gasteiger partial charge in [-0.1, -0.05) is 13.0 Å². The molecule has 0 aliphatic carbocycles. The van der Waals surface area contributed by atoms with Crippen LogP contribution < -0.4 is 0 Å². The summed E-state index contributed by atoms with van der Waals surface area (Å²) in [5.41, 5.74) is 3.11. The topological polar surface area (TPSA) is 68.1 Å². The third-order valence-corrected chi connectivity index (χ3v) is 5.75. The lowest BCUT2D eigenvalue weighted by Crippen LogP contribution is -2.27. The number of pyridine rings is 1. The number of aryl methyl sites for hydroxylation is 1. The van der Waals surface area contributed by atoms with Crippen LogP contribution >= 0.6 is 0 Å². The summed E-state index contributed by atoms with van der Waals surface area (Å²) in [6.07, 6.45) is 7.81. The van der Waals surface area contributed by atoms with E-state index in [1.54, 1.807) is 10.5 Å². The van der Waals surface area contributed by atoms with Gasteiger partial charge in [0.25, 0.3) is 0 Å². The van der Waals surface area contributed by atoms with Crippen molar-refractivity contribution in [3.8, 4) is 11.4 Å². The molecule has 0 radical (unpaired) electrons. The highest BCUT2D eigenvalue weighted by atomic mass is 32.2. The van der Waals surface area contributed by atoms with E-state index in [1.165, 1.54) is 6.26 Å². The Kier molecular flexibility index (Phi) is 5.01. The molecule has 1 aliphatic rings. The lowest BCUT2D eigenvalue weighted by atomic mass is 10.00. The fraction of sp³-hybridized carbons (Fsp3) is 0.529. The van der Waals surface area contributed by atoms with Crippen LogP contribution in [0.3, 0.4) is 0 Å². The van der Waals surface area contributed by atoms with E-state index < -0.39 is 10.0 Å². The maximum absolute atomic E-state index is 11.6. The molecule has 130 valence electrons. The van der Waals surface area contributed by atoms with Gasteiger partial charge in [-0.05, 0) is 42.9 Å². The molecule has 0 unspecified atom stereocenters. The molecule has 1 atom stereocenters. The van der Waals surface area contributed by atoms with Crippen LogP contribution in [-0.4, -0.2) is 46.8 Å². The molecule has 1 fully saturated rings. The van der Waals surface area contributed by atoms with E-state index in [9.17, 15) is 8.42 Å². The second-order valence-electron chi connectivity index (χ2n) is 6.47. The van der Waals surface area contributed by atoms with Gasteiger partial charge in [0, 0.05) is 32.0 Å². The molecule has 2 aromatic heterocycles. The third-order valence-electron chi connectivity index (χ3n) is 4.48. The Morgan fingerprint density at radius 2 is 2.12 bits per heavy atom. The highest BCUT2D eigenvalue weighted by molar-refractivity contribution is 7.88. The number of hydrogen-bond acceptors (Lipinski definition) is 4. The zero-order valence-electron chi connectivity index (χ0n) is 14.2. The average molecular weight is 348 g/mol. The summed E-state index contributed by atoms with van der Waals surface area (Å²) >= 11 is 0. The van der Waals surface area contributed by atoms with Gasteiger partial charge in [0.2, 0.25) is 10.0 Å². The standard InChI is InChI=1S/C17H24N4O2S/c1-3-9-21-17(6-8-19-21)16-5-4-14(12-18-16)11-15-7-10-20(13-15)24(2,22)23/h4-6,8,12,15H,3,7,9-11,13H2,1-2H3/t15-/m1/s1. The molecule has 3 rings (SSSR count). The van der Waals surface area contributed by atoms with Crippen molar-refractivity contribution >= 4 is 10.0 Å². The molecule has 0 N–H and O–H groups in total. The van der Waals surface area contributed by atoms with Gasteiger partial charge >= 0.3 is 0 Å². The Morgan fingerprint density at radius 1 is 1.29 bits per heavy atom. The first kappa shape index (κ1) is 17.1. The van der Waals surface area contributed by atoms with Gasteiger partial charge in [-0.15, -0.1) is 0 Å². The first-order chi connectivity index (χ1) is 11.5. The third kappa shape index (κ3) is 3.84. The highest BCUT2D eigenvalue weighted by Gasteiger charge is 2.28. The molecule has 0 spiro atoms. The Bertz CT molecular complexity index is 783. The first-order valence-electron chi connectivity index (χ1n) is 8.39. The van der Waals surface area contributed by atoms with E-state index in [1.807, 2.05) is 23.0 Å². The predicted molar refractivity (Wildman–Crippen MR) is 94.0 cm³/mol. The van der Waals surface area contributed by atoms with Gasteiger partial charge in [0.05, 0.1) is 17.6 Å². The Labute approximate surface area is 143 Å². The molecular formula is C17H24N4O2S. The minimum Gasteiger partial charge on any atom is -0.263 e. The van der Waals surface area contributed by atoms with E-state index >= 15 is 0 Å². The zero-order chi connectivity index (χ0) is 17.2. The fourth-order valence-electron chi connectivity index (χ4n) is 3.24. The summed E-state index contributed by atoms with van der Waals surface area (Å²) < 4.78 is 26.7. The van der Waals surface area contributed by atoms with Crippen LogP contribution in [0.5, 0.6) is 0 Å². The van der Waals surface area contributed by atoms with E-state index in [4.69, 9.17) is 0 Å². The van der Waals surface area contributed by atoms with Crippen molar-refractivity contribution in [1.82, 2.24) is 19.1 Å². The van der Waals surface area contributed by atoms with Crippen molar-refractivity contribution in [3.63, 3.8) is 0 Å². The van der Waals surface area contributed by atoms with Crippen LogP contribution in [0.25, 0.3) is 11.4 Å². The molecule has 3 heterocycles. The molecule has 6 nitrogen and oxygen atoms in total. The summed E-state index contributed by atoms with van der Waals surface area (Å²) in [7, 11) is -3.07. The predicted octanol–water partition coefficient (Wildman–Crippen LogP) is 2.18. The molecule has 0 saturated carbocycles. The van der Waals surface area contributed by atoms with Crippen LogP contribution in [0.1, 0.15) is 25.3 Å². The molecule has 7 heteroatoms. The number of sulfonamides is 1. The highest BCUT2D eigenvalue weighted by Crippen LogP contribution is 2.23. The molecular weight excluding hydrogens is 324 g/mol. The summed E-state index contributed by atoms with van der Waals surface area (Å²) in [6.45, 7) is 4.26. The Morgan fingerprint density at radius 3 is 2.75 bits per heavy atom. The van der Waals surface area contributed by atoms with E-state index in [2.05, 4.69) is 23.1 Å². The van der Waals surface area contributed by atoms with Crippen molar-refractivity contribution < 1.29 is 8.42 Å². The molecule has 0 amide bonds. The van der Waals surface area contributed by atoms with Crippen molar-refractivity contribution in [2.24, 2.45) is 5.92 Å². The van der Waals surface area contributed by atoms with Crippen molar-refractivity contribution in [2.75, 3.05) is 19.3 Å². The Balaban J connectivity index is 1.66. The van der Waals surface area contributed by atoms with Crippen LogP contribution in [0.15, 0.2) is 30.6 Å². The van der Waals surface area contributed by atoms with Crippen LogP contribution in [-0.2, 0) is 23.0 Å². The van der Waals surface area contributed by atoms with E-state index in [-0.39, 0.29) is 0 Å². The van der Waals surface area contributed by atoms with Gasteiger partial charge in [0.1, 0.15) is 0 Å². The molecule has 0 aromatic carbocycles. The maximum Gasteiger partial charge on any atom is 0.211 e. The van der Waals surface area contributed by atoms with Gasteiger partial charge in [-0.3, -0.25) is 9.67 Å². The van der Waals surface area contributed by atoms with Crippen LogP contribution in [0.4, 0.5) is 0 Å². The SMILES string of the molecule is CCCn1nccc1-c1ccc(C[C@H]2CCN(S(C)(=O)=O)C2)cn1. The van der Waals surface area contributed by atoms with Gasteiger partial charge in [-0.2, -0.15) is 5.10 Å². The summed E-state index contributed by atoms with van der Waals surface area (Å²) in [5.74, 6) is 0.373. The Hall–Kier alpha value is -1.73. The van der Waals surface area contributed by atoms with Gasteiger partial charge in [-0.25, -0.2) is 12.7 Å². The van der Waals surface area contributed by atoms with Crippen LogP contribution in [0, 0.1) is 5.92 Å². The lowest BCUT2D eigenvalue weighted by molar-refractivity contribution is 0.460. The quantitative estimate of drug-likeness (QED) is 0.802. The van der Waals surface area contributed by atoms with Crippen molar-refractivity contribution in [2.45, 2.75) is 32.7 Å². The molecule has 24 heavy (non-hydrogen) atoms. The van der Waals surface area contributed by atoms with Gasteiger partial charge in [0.15, 0.2) is 0 Å². The molecule has 2 aromatic rings. The number of aromatic nitrogens is 3. The summed E-state index contributed by atoms with van der Waals surface area (Å²) in [6, 6.07) is 6.11. The minimum absolute atomic E-state index is 0.373. The molecule has 0 bridgehead atoms. The zero-order valence-corrected chi connectivity index (χ0v) is 15.0. The molecule has 1 saturated heterocycles. The second kappa shape index (κ2) is 7.03. The fourth-order valence-corrected chi connectivity index (χ4v) is 4.15. The van der Waals surface area contributed by atoms with Gasteiger partial charge < -0.3 is 0 Å². The van der Waals surface area contributed by atoms with E-state index in [0.717, 1.165) is 42.8 Å². The smallest absolute Gasteiger partial charge is 0.211 e. The number of hydrogen-bond donors (Lipinski definition) is 0. The number of rotatable bonds is 6. The summed E-state index contributed by atoms with van der Waals surface area (Å²) in [4.78, 5) is 4.58. The van der Waals surface area contributed by atoms with Crippen molar-refractivity contribution in [1.29, 1.82) is 0 Å². The second-order valence-corrected chi connectivity index (χ2v) is 8.45. The van der Waals surface area contributed by atoms with E-state index in [0.29, 0.717) is 19.0 Å². The lowest BCUT2D eigenvalue weighted by Gasteiger charge is -2.13. The average Bonchev–Trinajstić information content (AvgIpc) is 3.18. The van der Waals surface area contributed by atoms with Crippen molar-refractivity contribution in [3.05, 3.63) is 36.2 Å². The normalized spacial score (nSPS) is 19.0. The monoisotopic (exact) mass is 348 g/mol.